The van der Waals surface area contributed by atoms with E-state index in [-0.39, 0.29) is 17.7 Å². The van der Waals surface area contributed by atoms with Crippen LogP contribution in [0.1, 0.15) is 19.8 Å². The van der Waals surface area contributed by atoms with Crippen molar-refractivity contribution in [2.75, 3.05) is 6.54 Å². The Balaban J connectivity index is 2.44. The molecule has 1 rings (SSSR count). The summed E-state index contributed by atoms with van der Waals surface area (Å²) in [5.74, 6) is -1.01. The second-order valence-electron chi connectivity index (χ2n) is 3.23. The maximum Gasteiger partial charge on any atom is 0.306 e. The summed E-state index contributed by atoms with van der Waals surface area (Å²) < 4.78 is 0. The number of piperidine rings is 1. The minimum absolute atomic E-state index is 0.0313. The average molecular weight is 171 g/mol. The molecule has 0 aromatic rings. The molecule has 2 atom stereocenters. The van der Waals surface area contributed by atoms with Gasteiger partial charge in [-0.15, -0.1) is 0 Å². The molecule has 1 heterocycles. The number of amides is 1. The molecule has 0 aromatic carbocycles. The quantitative estimate of drug-likeness (QED) is 0.625. The van der Waals surface area contributed by atoms with Crippen LogP contribution < -0.4 is 5.32 Å². The first-order valence-corrected chi connectivity index (χ1v) is 4.10. The Morgan fingerprint density at radius 3 is 2.83 bits per heavy atom. The molecule has 4 heteroatoms. The molecule has 2 N–H and O–H groups in total. The first-order valence-electron chi connectivity index (χ1n) is 4.10. The monoisotopic (exact) mass is 171 g/mol. The molecule has 68 valence electrons. The number of nitrogens with one attached hydrogen (secondary N) is 1. The van der Waals surface area contributed by atoms with Gasteiger partial charge in [0.1, 0.15) is 0 Å². The average Bonchev–Trinajstić information content (AvgIpc) is 2.04. The highest BCUT2D eigenvalue weighted by Crippen LogP contribution is 2.19. The van der Waals surface area contributed by atoms with E-state index in [0.717, 1.165) is 0 Å². The minimum atomic E-state index is -0.781. The molecule has 0 saturated carbocycles. The molecule has 1 amide bonds. The van der Waals surface area contributed by atoms with Crippen molar-refractivity contribution in [1.82, 2.24) is 5.32 Å². The molecule has 2 unspecified atom stereocenters. The first-order chi connectivity index (χ1) is 5.61. The van der Waals surface area contributed by atoms with Gasteiger partial charge in [0.15, 0.2) is 0 Å². The topological polar surface area (TPSA) is 66.4 Å². The lowest BCUT2D eigenvalue weighted by Crippen LogP contribution is -2.39. The highest BCUT2D eigenvalue weighted by atomic mass is 16.4. The normalized spacial score (nSPS) is 26.1. The van der Waals surface area contributed by atoms with Crippen LogP contribution in [-0.2, 0) is 9.59 Å². The van der Waals surface area contributed by atoms with E-state index in [1.807, 2.05) is 0 Å². The first kappa shape index (κ1) is 9.03. The molecule has 1 aliphatic heterocycles. The Morgan fingerprint density at radius 1 is 1.75 bits per heavy atom. The van der Waals surface area contributed by atoms with Crippen molar-refractivity contribution in [1.29, 1.82) is 0 Å². The number of carboxylic acids is 1. The summed E-state index contributed by atoms with van der Waals surface area (Å²) in [4.78, 5) is 21.3. The summed E-state index contributed by atoms with van der Waals surface area (Å²) >= 11 is 0. The van der Waals surface area contributed by atoms with Crippen LogP contribution in [0.2, 0.25) is 0 Å². The fraction of sp³-hybridized carbons (Fsp3) is 0.750. The Bertz CT molecular complexity index is 192. The molecular weight excluding hydrogens is 158 g/mol. The number of carboxylic acid groups (broad SMARTS) is 1. The van der Waals surface area contributed by atoms with E-state index in [0.29, 0.717) is 19.4 Å². The smallest absolute Gasteiger partial charge is 0.306 e. The van der Waals surface area contributed by atoms with E-state index in [4.69, 9.17) is 5.11 Å². The maximum atomic E-state index is 10.7. The van der Waals surface area contributed by atoms with Crippen LogP contribution in [0, 0.1) is 11.8 Å². The zero-order valence-corrected chi connectivity index (χ0v) is 7.04. The second-order valence-corrected chi connectivity index (χ2v) is 3.23. The number of hydrogen-bond donors (Lipinski definition) is 2. The van der Waals surface area contributed by atoms with Crippen LogP contribution in [0.4, 0.5) is 0 Å². The van der Waals surface area contributed by atoms with Crippen molar-refractivity contribution in [3.63, 3.8) is 0 Å². The fourth-order valence-corrected chi connectivity index (χ4v) is 1.38. The van der Waals surface area contributed by atoms with Gasteiger partial charge in [0.25, 0.3) is 0 Å². The van der Waals surface area contributed by atoms with E-state index in [2.05, 4.69) is 5.32 Å². The number of carbonyl (C=O) groups excluding carboxylic acids is 1. The van der Waals surface area contributed by atoms with Gasteiger partial charge in [-0.3, -0.25) is 9.59 Å². The van der Waals surface area contributed by atoms with Gasteiger partial charge in [-0.25, -0.2) is 0 Å². The summed E-state index contributed by atoms with van der Waals surface area (Å²) in [6, 6.07) is 0. The molecule has 1 saturated heterocycles. The van der Waals surface area contributed by atoms with Crippen molar-refractivity contribution in [3.8, 4) is 0 Å². The Morgan fingerprint density at radius 2 is 2.42 bits per heavy atom. The number of carbonyl (C=O) groups is 2. The predicted octanol–water partition coefficient (Wildman–Crippen LogP) is 0.233. The van der Waals surface area contributed by atoms with Crippen LogP contribution in [0.25, 0.3) is 0 Å². The molecule has 0 aromatic heterocycles. The van der Waals surface area contributed by atoms with Crippen molar-refractivity contribution in [2.24, 2.45) is 11.8 Å². The number of aliphatic carboxylic acids is 1. The largest absolute Gasteiger partial charge is 0.481 e. The molecule has 12 heavy (non-hydrogen) atoms. The van der Waals surface area contributed by atoms with Crippen molar-refractivity contribution >= 4 is 11.9 Å². The molecule has 0 spiro atoms. The number of rotatable bonds is 2. The molecule has 1 fully saturated rings. The van der Waals surface area contributed by atoms with Crippen molar-refractivity contribution in [2.45, 2.75) is 19.8 Å². The van der Waals surface area contributed by atoms with Gasteiger partial charge >= 0.3 is 5.97 Å². The minimum Gasteiger partial charge on any atom is -0.481 e. The third kappa shape index (κ3) is 1.96. The Hall–Kier alpha value is -1.06. The van der Waals surface area contributed by atoms with Crippen molar-refractivity contribution in [3.05, 3.63) is 0 Å². The summed E-state index contributed by atoms with van der Waals surface area (Å²) in [6.07, 6.45) is 1.15. The van der Waals surface area contributed by atoms with E-state index in [1.54, 1.807) is 6.92 Å². The van der Waals surface area contributed by atoms with Gasteiger partial charge in [-0.05, 0) is 12.3 Å². The molecular formula is C8H13NO3. The summed E-state index contributed by atoms with van der Waals surface area (Å²) in [5.41, 5.74) is 0. The van der Waals surface area contributed by atoms with Crippen LogP contribution in [0.3, 0.4) is 0 Å². The molecule has 0 radical (unpaired) electrons. The van der Waals surface area contributed by atoms with Crippen LogP contribution in [0.5, 0.6) is 0 Å². The van der Waals surface area contributed by atoms with Crippen LogP contribution in [0.15, 0.2) is 0 Å². The zero-order valence-electron chi connectivity index (χ0n) is 7.04. The molecule has 1 aliphatic rings. The fourth-order valence-electron chi connectivity index (χ4n) is 1.38. The Labute approximate surface area is 71.0 Å². The third-order valence-corrected chi connectivity index (χ3v) is 2.40. The molecule has 4 nitrogen and oxygen atoms in total. The standard InChI is InChI=1S/C8H13NO3/c1-5(8(11)12)6-2-3-7(10)9-4-6/h5-6H,2-4H2,1H3,(H,9,10)(H,11,12). The highest BCUT2D eigenvalue weighted by molar-refractivity contribution is 5.77. The van der Waals surface area contributed by atoms with Crippen LogP contribution >= 0.6 is 0 Å². The molecule has 0 aliphatic carbocycles. The highest BCUT2D eigenvalue weighted by Gasteiger charge is 2.27. The maximum absolute atomic E-state index is 10.7. The van der Waals surface area contributed by atoms with E-state index >= 15 is 0 Å². The van der Waals surface area contributed by atoms with Crippen LogP contribution in [-0.4, -0.2) is 23.5 Å². The predicted molar refractivity (Wildman–Crippen MR) is 42.5 cm³/mol. The van der Waals surface area contributed by atoms with Gasteiger partial charge in [0.05, 0.1) is 5.92 Å². The summed E-state index contributed by atoms with van der Waals surface area (Å²) in [5, 5.41) is 11.4. The lowest BCUT2D eigenvalue weighted by Gasteiger charge is -2.25. The van der Waals surface area contributed by atoms with Gasteiger partial charge in [-0.2, -0.15) is 0 Å². The number of hydrogen-bond acceptors (Lipinski definition) is 2. The van der Waals surface area contributed by atoms with E-state index < -0.39 is 5.97 Å². The van der Waals surface area contributed by atoms with Crippen molar-refractivity contribution < 1.29 is 14.7 Å². The van der Waals surface area contributed by atoms with Gasteiger partial charge in [0, 0.05) is 13.0 Å². The lowest BCUT2D eigenvalue weighted by molar-refractivity contribution is -0.144. The lowest BCUT2D eigenvalue weighted by atomic mass is 9.87. The summed E-state index contributed by atoms with van der Waals surface area (Å²) in [7, 11) is 0. The molecule has 0 bridgehead atoms. The second kappa shape index (κ2) is 3.56. The van der Waals surface area contributed by atoms with Gasteiger partial charge in [-0.1, -0.05) is 6.92 Å². The van der Waals surface area contributed by atoms with E-state index in [9.17, 15) is 9.59 Å². The van der Waals surface area contributed by atoms with Gasteiger partial charge < -0.3 is 10.4 Å². The SMILES string of the molecule is CC(C(=O)O)C1CCC(=O)NC1. The van der Waals surface area contributed by atoms with Gasteiger partial charge in [0.2, 0.25) is 5.91 Å². The van der Waals surface area contributed by atoms with E-state index in [1.165, 1.54) is 0 Å². The third-order valence-electron chi connectivity index (χ3n) is 2.40. The Kier molecular flexibility index (Phi) is 2.68. The summed E-state index contributed by atoms with van der Waals surface area (Å²) in [6.45, 7) is 2.19. The zero-order chi connectivity index (χ0) is 9.14.